The van der Waals surface area contributed by atoms with Crippen LogP contribution in [0.15, 0.2) is 10.9 Å². The smallest absolute Gasteiger partial charge is 0.206 e. The molecule has 1 rings (SSSR count). The van der Waals surface area contributed by atoms with Crippen LogP contribution in [0.25, 0.3) is 0 Å². The molecule has 0 fully saturated rings. The number of anilines is 1. The van der Waals surface area contributed by atoms with Gasteiger partial charge in [-0.25, -0.2) is 4.98 Å². The minimum atomic E-state index is 0.625. The standard InChI is InChI=1S/C4H6N2S.C2H5NO/c1-5-4-2-7-3-6-4;1-3-2-4/h2-3,5H,1H3;2H,1H3,(H,3,4). The normalized spacial score (nSPS) is 7.45. The van der Waals surface area contributed by atoms with Gasteiger partial charge in [0.25, 0.3) is 0 Å². The van der Waals surface area contributed by atoms with Crippen LogP contribution in [0.5, 0.6) is 0 Å². The topological polar surface area (TPSA) is 54.0 Å². The highest BCUT2D eigenvalue weighted by Crippen LogP contribution is 2.03. The van der Waals surface area contributed by atoms with Crippen molar-refractivity contribution >= 4 is 23.6 Å². The molecule has 0 atom stereocenters. The third kappa shape index (κ3) is 5.35. The van der Waals surface area contributed by atoms with Crippen LogP contribution < -0.4 is 10.6 Å². The summed E-state index contributed by atoms with van der Waals surface area (Å²) >= 11 is 1.59. The number of nitrogens with zero attached hydrogens (tertiary/aromatic N) is 1. The van der Waals surface area contributed by atoms with Gasteiger partial charge in [-0.1, -0.05) is 0 Å². The molecule has 1 aromatic rings. The van der Waals surface area contributed by atoms with Crippen LogP contribution in [0.1, 0.15) is 0 Å². The molecular weight excluding hydrogens is 162 g/mol. The Bertz CT molecular complexity index is 176. The van der Waals surface area contributed by atoms with Gasteiger partial charge in [-0.15, -0.1) is 11.3 Å². The summed E-state index contributed by atoms with van der Waals surface area (Å²) in [5.74, 6) is 0.949. The van der Waals surface area contributed by atoms with Gasteiger partial charge < -0.3 is 10.6 Å². The summed E-state index contributed by atoms with van der Waals surface area (Å²) in [5.41, 5.74) is 1.80. The van der Waals surface area contributed by atoms with Crippen molar-refractivity contribution in [3.8, 4) is 0 Å². The summed E-state index contributed by atoms with van der Waals surface area (Å²) in [6.45, 7) is 0. The van der Waals surface area contributed by atoms with E-state index in [4.69, 9.17) is 4.79 Å². The Morgan fingerprint density at radius 3 is 2.45 bits per heavy atom. The Labute approximate surface area is 69.7 Å². The Morgan fingerprint density at radius 2 is 2.27 bits per heavy atom. The molecule has 5 heteroatoms. The average Bonchev–Trinajstić information content (AvgIpc) is 2.56. The monoisotopic (exact) mass is 173 g/mol. The van der Waals surface area contributed by atoms with E-state index in [2.05, 4.69) is 15.6 Å². The lowest BCUT2D eigenvalue weighted by molar-refractivity contribution is -0.109. The SMILES string of the molecule is CNC=O.CNc1cscn1. The van der Waals surface area contributed by atoms with Crippen LogP contribution in [0, 0.1) is 0 Å². The maximum Gasteiger partial charge on any atom is 0.206 e. The first kappa shape index (κ1) is 9.90. The summed E-state index contributed by atoms with van der Waals surface area (Å²) < 4.78 is 0. The van der Waals surface area contributed by atoms with Crippen molar-refractivity contribution in [2.45, 2.75) is 0 Å². The fourth-order valence-electron chi connectivity index (χ4n) is 0.336. The van der Waals surface area contributed by atoms with Crippen molar-refractivity contribution in [1.29, 1.82) is 0 Å². The molecule has 0 aromatic carbocycles. The maximum absolute atomic E-state index is 9.06. The lowest BCUT2D eigenvalue weighted by Gasteiger charge is -1.84. The van der Waals surface area contributed by atoms with Crippen molar-refractivity contribution in [2.75, 3.05) is 19.4 Å². The maximum atomic E-state index is 9.06. The zero-order chi connectivity index (χ0) is 8.53. The molecule has 0 spiro atoms. The summed E-state index contributed by atoms with van der Waals surface area (Å²) in [6.07, 6.45) is 0.625. The molecule has 1 heterocycles. The predicted octanol–water partition coefficient (Wildman–Crippen LogP) is 0.547. The third-order valence-electron chi connectivity index (χ3n) is 0.806. The molecule has 0 aliphatic rings. The molecule has 0 aliphatic heterocycles. The second kappa shape index (κ2) is 7.01. The Hall–Kier alpha value is -1.10. The molecule has 1 aromatic heterocycles. The summed E-state index contributed by atoms with van der Waals surface area (Å²) in [7, 11) is 3.42. The number of amides is 1. The summed E-state index contributed by atoms with van der Waals surface area (Å²) in [4.78, 5) is 13.0. The van der Waals surface area contributed by atoms with Crippen LogP contribution in [0.2, 0.25) is 0 Å². The van der Waals surface area contributed by atoms with E-state index in [0.29, 0.717) is 6.41 Å². The van der Waals surface area contributed by atoms with Gasteiger partial charge in [-0.2, -0.15) is 0 Å². The Morgan fingerprint density at radius 1 is 1.64 bits per heavy atom. The minimum Gasteiger partial charge on any atom is -0.372 e. The van der Waals surface area contributed by atoms with E-state index in [0.717, 1.165) is 5.82 Å². The van der Waals surface area contributed by atoms with Crippen molar-refractivity contribution in [2.24, 2.45) is 0 Å². The van der Waals surface area contributed by atoms with E-state index in [1.165, 1.54) is 0 Å². The van der Waals surface area contributed by atoms with Crippen molar-refractivity contribution < 1.29 is 4.79 Å². The van der Waals surface area contributed by atoms with Crippen LogP contribution in [0.3, 0.4) is 0 Å². The third-order valence-corrected chi connectivity index (χ3v) is 1.39. The molecular formula is C6H11N3OS. The van der Waals surface area contributed by atoms with Crippen molar-refractivity contribution in [3.05, 3.63) is 10.9 Å². The minimum absolute atomic E-state index is 0.625. The highest BCUT2D eigenvalue weighted by molar-refractivity contribution is 7.07. The number of aromatic nitrogens is 1. The average molecular weight is 173 g/mol. The Balaban J connectivity index is 0.000000218. The highest BCUT2D eigenvalue weighted by atomic mass is 32.1. The molecule has 4 nitrogen and oxygen atoms in total. The second-order valence-corrected chi connectivity index (χ2v) is 2.25. The number of nitrogens with one attached hydrogen (secondary N) is 2. The van der Waals surface area contributed by atoms with E-state index in [9.17, 15) is 0 Å². The zero-order valence-electron chi connectivity index (χ0n) is 6.50. The molecule has 0 aliphatic carbocycles. The first-order chi connectivity index (χ1) is 5.35. The molecule has 0 bridgehead atoms. The van der Waals surface area contributed by atoms with Gasteiger partial charge in [-0.05, 0) is 0 Å². The molecule has 1 amide bonds. The largest absolute Gasteiger partial charge is 0.372 e. The lowest BCUT2D eigenvalue weighted by atomic mass is 10.8. The first-order valence-corrected chi connectivity index (χ1v) is 3.96. The summed E-state index contributed by atoms with van der Waals surface area (Å²) in [6, 6.07) is 0. The fourth-order valence-corrected chi connectivity index (χ4v) is 0.879. The van der Waals surface area contributed by atoms with Crippen molar-refractivity contribution in [1.82, 2.24) is 10.3 Å². The van der Waals surface area contributed by atoms with Crippen LogP contribution in [-0.2, 0) is 4.79 Å². The van der Waals surface area contributed by atoms with E-state index in [-0.39, 0.29) is 0 Å². The van der Waals surface area contributed by atoms with Gasteiger partial charge in [0.05, 0.1) is 5.51 Å². The number of hydrogen-bond donors (Lipinski definition) is 2. The van der Waals surface area contributed by atoms with Crippen LogP contribution in [-0.4, -0.2) is 25.5 Å². The lowest BCUT2D eigenvalue weighted by Crippen LogP contribution is -1.98. The van der Waals surface area contributed by atoms with Gasteiger partial charge in [0, 0.05) is 19.5 Å². The van der Waals surface area contributed by atoms with Gasteiger partial charge in [0.2, 0.25) is 6.41 Å². The van der Waals surface area contributed by atoms with Gasteiger partial charge in [-0.3, -0.25) is 4.79 Å². The van der Waals surface area contributed by atoms with E-state index in [1.54, 1.807) is 23.9 Å². The van der Waals surface area contributed by atoms with E-state index in [1.807, 2.05) is 12.4 Å². The molecule has 0 unspecified atom stereocenters. The van der Waals surface area contributed by atoms with Crippen molar-refractivity contribution in [3.63, 3.8) is 0 Å². The zero-order valence-corrected chi connectivity index (χ0v) is 7.31. The quantitative estimate of drug-likeness (QED) is 0.642. The number of rotatable bonds is 2. The molecule has 0 radical (unpaired) electrons. The first-order valence-electron chi connectivity index (χ1n) is 3.02. The number of hydrogen-bond acceptors (Lipinski definition) is 4. The second-order valence-electron chi connectivity index (χ2n) is 1.53. The summed E-state index contributed by atoms with van der Waals surface area (Å²) in [5, 5.41) is 7.11. The fraction of sp³-hybridized carbons (Fsp3) is 0.333. The predicted molar refractivity (Wildman–Crippen MR) is 46.8 cm³/mol. The van der Waals surface area contributed by atoms with E-state index >= 15 is 0 Å². The highest BCUT2D eigenvalue weighted by Gasteiger charge is 1.82. The molecule has 62 valence electrons. The Kier molecular flexibility index (Phi) is 6.31. The van der Waals surface area contributed by atoms with Gasteiger partial charge in [0.15, 0.2) is 0 Å². The number of thiazole rings is 1. The van der Waals surface area contributed by atoms with Gasteiger partial charge >= 0.3 is 0 Å². The number of carbonyl (C=O) groups is 1. The van der Waals surface area contributed by atoms with E-state index < -0.39 is 0 Å². The molecule has 2 N–H and O–H groups in total. The van der Waals surface area contributed by atoms with Gasteiger partial charge in [0.1, 0.15) is 5.82 Å². The van der Waals surface area contributed by atoms with Crippen LogP contribution in [0.4, 0.5) is 5.82 Å². The number of carbonyl (C=O) groups excluding carboxylic acids is 1. The molecule has 11 heavy (non-hydrogen) atoms. The molecule has 0 saturated carbocycles. The van der Waals surface area contributed by atoms with Crippen LogP contribution >= 0.6 is 11.3 Å². The molecule has 0 saturated heterocycles.